The summed E-state index contributed by atoms with van der Waals surface area (Å²) in [6.07, 6.45) is 1.89. The molecule has 1 aromatic rings. The van der Waals surface area contributed by atoms with Gasteiger partial charge in [0, 0.05) is 44.3 Å². The van der Waals surface area contributed by atoms with Crippen molar-refractivity contribution in [1.82, 2.24) is 9.88 Å². The molecule has 0 radical (unpaired) electrons. The van der Waals surface area contributed by atoms with Crippen LogP contribution < -0.4 is 4.90 Å². The van der Waals surface area contributed by atoms with E-state index in [1.807, 2.05) is 6.20 Å². The van der Waals surface area contributed by atoms with Crippen molar-refractivity contribution in [2.75, 3.05) is 31.1 Å². The fourth-order valence-corrected chi connectivity index (χ4v) is 2.63. The van der Waals surface area contributed by atoms with Crippen molar-refractivity contribution in [1.29, 1.82) is 0 Å². The lowest BCUT2D eigenvalue weighted by molar-refractivity contribution is 0.209. The maximum atomic E-state index is 5.83. The van der Waals surface area contributed by atoms with Gasteiger partial charge in [0.25, 0.3) is 0 Å². The maximum Gasteiger partial charge on any atom is 0.131 e. The fourth-order valence-electron chi connectivity index (χ4n) is 2.48. The summed E-state index contributed by atoms with van der Waals surface area (Å²) < 4.78 is 0. The number of alkyl halides is 1. The van der Waals surface area contributed by atoms with Crippen LogP contribution in [0.1, 0.15) is 25.0 Å². The van der Waals surface area contributed by atoms with Gasteiger partial charge in [0.15, 0.2) is 0 Å². The summed E-state index contributed by atoms with van der Waals surface area (Å²) in [4.78, 5) is 9.46. The second-order valence-electron chi connectivity index (χ2n) is 5.23. The zero-order chi connectivity index (χ0) is 13.1. The molecule has 1 aliphatic rings. The molecule has 0 spiro atoms. The van der Waals surface area contributed by atoms with Gasteiger partial charge in [-0.2, -0.15) is 0 Å². The van der Waals surface area contributed by atoms with Crippen molar-refractivity contribution in [2.45, 2.75) is 32.7 Å². The van der Waals surface area contributed by atoms with Gasteiger partial charge >= 0.3 is 0 Å². The number of hydrogen-bond acceptors (Lipinski definition) is 3. The number of halogens is 1. The Balaban J connectivity index is 2.05. The van der Waals surface area contributed by atoms with Gasteiger partial charge in [0.1, 0.15) is 5.82 Å². The van der Waals surface area contributed by atoms with Crippen molar-refractivity contribution >= 4 is 17.4 Å². The minimum atomic E-state index is 0.537. The first-order chi connectivity index (χ1) is 8.61. The molecule has 0 amide bonds. The fraction of sp³-hybridized carbons (Fsp3) is 0.643. The van der Waals surface area contributed by atoms with Crippen LogP contribution in [0.5, 0.6) is 0 Å². The van der Waals surface area contributed by atoms with Gasteiger partial charge in [-0.15, -0.1) is 11.6 Å². The lowest BCUT2D eigenvalue weighted by Crippen LogP contribution is -2.49. The summed E-state index contributed by atoms with van der Waals surface area (Å²) in [5.41, 5.74) is 2.32. The highest BCUT2D eigenvalue weighted by Gasteiger charge is 2.20. The molecular weight excluding hydrogens is 246 g/mol. The van der Waals surface area contributed by atoms with Gasteiger partial charge in [-0.25, -0.2) is 4.98 Å². The number of nitrogens with zero attached hydrogens (tertiary/aromatic N) is 3. The molecule has 18 heavy (non-hydrogen) atoms. The van der Waals surface area contributed by atoms with E-state index in [1.54, 1.807) is 0 Å². The van der Waals surface area contributed by atoms with E-state index in [0.29, 0.717) is 11.9 Å². The van der Waals surface area contributed by atoms with Crippen LogP contribution >= 0.6 is 11.6 Å². The highest BCUT2D eigenvalue weighted by atomic mass is 35.5. The zero-order valence-corrected chi connectivity index (χ0v) is 12.2. The molecule has 0 aliphatic carbocycles. The van der Waals surface area contributed by atoms with Gasteiger partial charge in [-0.3, -0.25) is 4.90 Å². The Hall–Kier alpha value is -0.800. The smallest absolute Gasteiger partial charge is 0.131 e. The second-order valence-corrected chi connectivity index (χ2v) is 5.50. The summed E-state index contributed by atoms with van der Waals surface area (Å²) in [5, 5.41) is 0. The Morgan fingerprint density at radius 3 is 2.44 bits per heavy atom. The van der Waals surface area contributed by atoms with Gasteiger partial charge in [0.2, 0.25) is 0 Å². The topological polar surface area (TPSA) is 19.4 Å². The zero-order valence-electron chi connectivity index (χ0n) is 11.5. The van der Waals surface area contributed by atoms with Crippen LogP contribution in [0.4, 0.5) is 5.82 Å². The molecule has 2 heterocycles. The quantitative estimate of drug-likeness (QED) is 0.785. The first kappa shape index (κ1) is 13.6. The minimum absolute atomic E-state index is 0.537. The first-order valence-corrected chi connectivity index (χ1v) is 7.15. The van der Waals surface area contributed by atoms with E-state index in [0.717, 1.165) is 37.6 Å². The molecule has 1 aliphatic heterocycles. The van der Waals surface area contributed by atoms with Crippen LogP contribution in [-0.4, -0.2) is 42.1 Å². The normalized spacial score (nSPS) is 17.5. The van der Waals surface area contributed by atoms with E-state index in [9.17, 15) is 0 Å². The second kappa shape index (κ2) is 5.89. The molecular formula is C14H22ClN3. The van der Waals surface area contributed by atoms with E-state index in [-0.39, 0.29) is 0 Å². The largest absolute Gasteiger partial charge is 0.354 e. The highest BCUT2D eigenvalue weighted by molar-refractivity contribution is 6.17. The third kappa shape index (κ3) is 2.96. The first-order valence-electron chi connectivity index (χ1n) is 6.62. The van der Waals surface area contributed by atoms with E-state index in [1.165, 1.54) is 5.56 Å². The van der Waals surface area contributed by atoms with Gasteiger partial charge in [0.05, 0.1) is 0 Å². The van der Waals surface area contributed by atoms with Gasteiger partial charge in [-0.05, 0) is 38.0 Å². The molecule has 0 atom stereocenters. The van der Waals surface area contributed by atoms with Gasteiger partial charge in [-0.1, -0.05) is 0 Å². The maximum absolute atomic E-state index is 5.83. The number of piperazine rings is 1. The lowest BCUT2D eigenvalue weighted by atomic mass is 10.2. The molecule has 0 N–H and O–H groups in total. The van der Waals surface area contributed by atoms with E-state index < -0.39 is 0 Å². The Kier molecular flexibility index (Phi) is 4.46. The standard InChI is InChI=1S/C14H22ClN3/c1-11(2)17-4-6-18(7-5-17)14-12(3)8-13(9-15)10-16-14/h8,10-11H,4-7,9H2,1-3H3. The predicted molar refractivity (Wildman–Crippen MR) is 77.5 cm³/mol. The summed E-state index contributed by atoms with van der Waals surface area (Å²) in [5.74, 6) is 1.65. The lowest BCUT2D eigenvalue weighted by Gasteiger charge is -2.38. The van der Waals surface area contributed by atoms with E-state index in [2.05, 4.69) is 41.6 Å². The van der Waals surface area contributed by atoms with Crippen LogP contribution in [0, 0.1) is 6.92 Å². The van der Waals surface area contributed by atoms with Crippen molar-refractivity contribution in [3.05, 3.63) is 23.4 Å². The van der Waals surface area contributed by atoms with Crippen molar-refractivity contribution in [3.63, 3.8) is 0 Å². The van der Waals surface area contributed by atoms with Crippen LogP contribution in [0.2, 0.25) is 0 Å². The summed E-state index contributed by atoms with van der Waals surface area (Å²) in [6, 6.07) is 2.78. The minimum Gasteiger partial charge on any atom is -0.354 e. The highest BCUT2D eigenvalue weighted by Crippen LogP contribution is 2.20. The summed E-state index contributed by atoms with van der Waals surface area (Å²) in [6.45, 7) is 11.0. The van der Waals surface area contributed by atoms with Crippen LogP contribution in [-0.2, 0) is 5.88 Å². The number of aryl methyl sites for hydroxylation is 1. The molecule has 0 unspecified atom stereocenters. The number of pyridine rings is 1. The SMILES string of the molecule is Cc1cc(CCl)cnc1N1CCN(C(C)C)CC1. The Morgan fingerprint density at radius 1 is 1.28 bits per heavy atom. The summed E-state index contributed by atoms with van der Waals surface area (Å²) >= 11 is 5.83. The molecule has 2 rings (SSSR count). The molecule has 1 aromatic heterocycles. The molecule has 0 aromatic carbocycles. The van der Waals surface area contributed by atoms with Crippen molar-refractivity contribution in [3.8, 4) is 0 Å². The molecule has 1 fully saturated rings. The Labute approximate surface area is 115 Å². The number of hydrogen-bond donors (Lipinski definition) is 0. The van der Waals surface area contributed by atoms with Crippen molar-refractivity contribution < 1.29 is 0 Å². The predicted octanol–water partition coefficient (Wildman–Crippen LogP) is 2.66. The third-order valence-electron chi connectivity index (χ3n) is 3.61. The average Bonchev–Trinajstić information content (AvgIpc) is 2.38. The Bertz CT molecular complexity index is 398. The molecule has 3 nitrogen and oxygen atoms in total. The molecule has 100 valence electrons. The Morgan fingerprint density at radius 2 is 1.94 bits per heavy atom. The number of anilines is 1. The average molecular weight is 268 g/mol. The van der Waals surface area contributed by atoms with Crippen LogP contribution in [0.15, 0.2) is 12.3 Å². The van der Waals surface area contributed by atoms with Crippen LogP contribution in [0.25, 0.3) is 0 Å². The van der Waals surface area contributed by atoms with Crippen molar-refractivity contribution in [2.24, 2.45) is 0 Å². The molecule has 1 saturated heterocycles. The monoisotopic (exact) mass is 267 g/mol. The molecule has 0 bridgehead atoms. The van der Waals surface area contributed by atoms with E-state index in [4.69, 9.17) is 11.6 Å². The van der Waals surface area contributed by atoms with Crippen LogP contribution in [0.3, 0.4) is 0 Å². The molecule has 4 heteroatoms. The third-order valence-corrected chi connectivity index (χ3v) is 3.91. The number of aromatic nitrogens is 1. The van der Waals surface area contributed by atoms with E-state index >= 15 is 0 Å². The van der Waals surface area contributed by atoms with Gasteiger partial charge < -0.3 is 4.90 Å². The number of rotatable bonds is 3. The summed E-state index contributed by atoms with van der Waals surface area (Å²) in [7, 11) is 0. The molecule has 0 saturated carbocycles.